The van der Waals surface area contributed by atoms with Gasteiger partial charge in [0.1, 0.15) is 0 Å². The van der Waals surface area contributed by atoms with E-state index in [0.29, 0.717) is 23.1 Å². The van der Waals surface area contributed by atoms with Crippen LogP contribution in [0.4, 0.5) is 0 Å². The Morgan fingerprint density at radius 3 is 2.21 bits per heavy atom. The van der Waals surface area contributed by atoms with Crippen LogP contribution in [0, 0.1) is 24.2 Å². The molecule has 3 rings (SSSR count). The normalized spacial score (nSPS) is 26.6. The van der Waals surface area contributed by atoms with Gasteiger partial charge in [0.25, 0.3) is 0 Å². The third-order valence-electron chi connectivity index (χ3n) is 6.00. The number of carbonyl (C=O) groups is 1. The van der Waals surface area contributed by atoms with Crippen molar-refractivity contribution in [2.75, 3.05) is 13.1 Å². The van der Waals surface area contributed by atoms with Crippen molar-refractivity contribution < 1.29 is 9.32 Å². The Morgan fingerprint density at radius 2 is 1.71 bits per heavy atom. The van der Waals surface area contributed by atoms with Gasteiger partial charge >= 0.3 is 0 Å². The molecule has 134 valence electrons. The van der Waals surface area contributed by atoms with Crippen LogP contribution in [0.5, 0.6) is 0 Å². The Morgan fingerprint density at radius 1 is 1.08 bits per heavy atom. The van der Waals surface area contributed by atoms with Crippen molar-refractivity contribution in [3.05, 3.63) is 11.7 Å². The monoisotopic (exact) mass is 333 g/mol. The van der Waals surface area contributed by atoms with Crippen molar-refractivity contribution in [3.63, 3.8) is 0 Å². The molecule has 1 amide bonds. The Bertz CT molecular complexity index is 559. The van der Waals surface area contributed by atoms with E-state index in [2.05, 4.69) is 35.8 Å². The summed E-state index contributed by atoms with van der Waals surface area (Å²) in [5.74, 6) is 3.12. The van der Waals surface area contributed by atoms with Crippen LogP contribution in [0.25, 0.3) is 0 Å². The lowest BCUT2D eigenvalue weighted by Gasteiger charge is -2.39. The molecule has 1 saturated carbocycles. The number of aromatic nitrogens is 2. The number of rotatable bonds is 2. The number of aryl methyl sites for hydroxylation is 1. The second kappa shape index (κ2) is 6.85. The molecule has 2 aliphatic rings. The number of likely N-dealkylation sites (tertiary alicyclic amines) is 1. The summed E-state index contributed by atoms with van der Waals surface area (Å²) in [5.41, 5.74) is 0.370. The molecule has 0 aromatic carbocycles. The third kappa shape index (κ3) is 3.81. The summed E-state index contributed by atoms with van der Waals surface area (Å²) in [5, 5.41) is 3.88. The molecule has 5 heteroatoms. The molecule has 0 N–H and O–H groups in total. The lowest BCUT2D eigenvalue weighted by molar-refractivity contribution is -0.138. The fourth-order valence-corrected chi connectivity index (χ4v) is 4.29. The van der Waals surface area contributed by atoms with E-state index < -0.39 is 0 Å². The van der Waals surface area contributed by atoms with Crippen molar-refractivity contribution in [2.45, 2.75) is 72.1 Å². The van der Waals surface area contributed by atoms with Crippen LogP contribution in [0.3, 0.4) is 0 Å². The van der Waals surface area contributed by atoms with E-state index in [4.69, 9.17) is 4.52 Å². The standard InChI is InChI=1S/C19H31N3O2/c1-13-20-17(24-21-13)14-9-11-22(12-10-14)18(23)15-5-7-16(8-6-15)19(2,3)4/h14-16H,5-12H2,1-4H3. The first-order valence-electron chi connectivity index (χ1n) is 9.43. The highest BCUT2D eigenvalue weighted by atomic mass is 16.5. The van der Waals surface area contributed by atoms with E-state index in [0.717, 1.165) is 50.6 Å². The molecule has 1 aromatic heterocycles. The maximum atomic E-state index is 12.8. The average molecular weight is 333 g/mol. The largest absolute Gasteiger partial charge is 0.342 e. The molecule has 1 saturated heterocycles. The SMILES string of the molecule is Cc1noc(C2CCN(C(=O)C3CCC(C(C)(C)C)CC3)CC2)n1. The Hall–Kier alpha value is -1.39. The molecule has 1 aromatic rings. The van der Waals surface area contributed by atoms with Crippen molar-refractivity contribution in [3.8, 4) is 0 Å². The maximum absolute atomic E-state index is 12.8. The molecular formula is C19H31N3O2. The summed E-state index contributed by atoms with van der Waals surface area (Å²) in [6, 6.07) is 0. The lowest BCUT2D eigenvalue weighted by atomic mass is 9.69. The highest BCUT2D eigenvalue weighted by Gasteiger charge is 2.35. The topological polar surface area (TPSA) is 59.2 Å². The predicted octanol–water partition coefficient (Wildman–Crippen LogP) is 3.94. The van der Waals surface area contributed by atoms with Gasteiger partial charge in [0.15, 0.2) is 5.82 Å². The Labute approximate surface area is 145 Å². The van der Waals surface area contributed by atoms with Gasteiger partial charge in [-0.25, -0.2) is 0 Å². The van der Waals surface area contributed by atoms with Gasteiger partial charge < -0.3 is 9.42 Å². The van der Waals surface area contributed by atoms with E-state index in [1.54, 1.807) is 0 Å². The number of hydrogen-bond acceptors (Lipinski definition) is 4. The molecule has 24 heavy (non-hydrogen) atoms. The predicted molar refractivity (Wildman–Crippen MR) is 92.5 cm³/mol. The molecule has 1 aliphatic carbocycles. The lowest BCUT2D eigenvalue weighted by Crippen LogP contribution is -2.42. The number of amides is 1. The van der Waals surface area contributed by atoms with Crippen molar-refractivity contribution >= 4 is 5.91 Å². The van der Waals surface area contributed by atoms with Gasteiger partial charge in [0, 0.05) is 24.9 Å². The molecule has 0 radical (unpaired) electrons. The fraction of sp³-hybridized carbons (Fsp3) is 0.842. The van der Waals surface area contributed by atoms with Gasteiger partial charge in [-0.2, -0.15) is 4.98 Å². The molecule has 1 aliphatic heterocycles. The zero-order valence-electron chi connectivity index (χ0n) is 15.5. The minimum absolute atomic E-state index is 0.241. The van der Waals surface area contributed by atoms with Crippen molar-refractivity contribution in [1.29, 1.82) is 0 Å². The smallest absolute Gasteiger partial charge is 0.229 e. The van der Waals surface area contributed by atoms with Gasteiger partial charge in [0.05, 0.1) is 0 Å². The first-order chi connectivity index (χ1) is 11.3. The van der Waals surface area contributed by atoms with Crippen molar-refractivity contribution in [1.82, 2.24) is 15.0 Å². The average Bonchev–Trinajstić information content (AvgIpc) is 3.00. The number of hydrogen-bond donors (Lipinski definition) is 0. The zero-order valence-corrected chi connectivity index (χ0v) is 15.5. The van der Waals surface area contributed by atoms with Gasteiger partial charge in [-0.15, -0.1) is 0 Å². The fourth-order valence-electron chi connectivity index (χ4n) is 4.29. The van der Waals surface area contributed by atoms with Crippen LogP contribution in [0.15, 0.2) is 4.52 Å². The van der Waals surface area contributed by atoms with E-state index in [-0.39, 0.29) is 5.92 Å². The summed E-state index contributed by atoms with van der Waals surface area (Å²) in [4.78, 5) is 19.2. The van der Waals surface area contributed by atoms with Crippen LogP contribution < -0.4 is 0 Å². The Kier molecular flexibility index (Phi) is 4.97. The van der Waals surface area contributed by atoms with Crippen LogP contribution in [0.2, 0.25) is 0 Å². The van der Waals surface area contributed by atoms with Gasteiger partial charge in [-0.3, -0.25) is 4.79 Å². The summed E-state index contributed by atoms with van der Waals surface area (Å²) in [7, 11) is 0. The Balaban J connectivity index is 1.49. The molecule has 0 atom stereocenters. The first kappa shape index (κ1) is 17.4. The van der Waals surface area contributed by atoms with Crippen molar-refractivity contribution in [2.24, 2.45) is 17.3 Å². The van der Waals surface area contributed by atoms with Crippen LogP contribution >= 0.6 is 0 Å². The van der Waals surface area contributed by atoms with E-state index >= 15 is 0 Å². The van der Waals surface area contributed by atoms with Crippen LogP contribution in [0.1, 0.15) is 76.9 Å². The number of nitrogens with zero attached hydrogens (tertiary/aromatic N) is 3. The van der Waals surface area contributed by atoms with E-state index in [1.165, 1.54) is 12.8 Å². The molecule has 2 fully saturated rings. The molecular weight excluding hydrogens is 302 g/mol. The second-order valence-electron chi connectivity index (χ2n) is 8.69. The highest BCUT2D eigenvalue weighted by Crippen LogP contribution is 2.40. The van der Waals surface area contributed by atoms with Gasteiger partial charge in [0.2, 0.25) is 11.8 Å². The summed E-state index contributed by atoms with van der Waals surface area (Å²) >= 11 is 0. The molecule has 5 nitrogen and oxygen atoms in total. The molecule has 2 heterocycles. The number of carbonyl (C=O) groups excluding carboxylic acids is 1. The maximum Gasteiger partial charge on any atom is 0.229 e. The van der Waals surface area contributed by atoms with Crippen LogP contribution in [-0.4, -0.2) is 34.0 Å². The summed E-state index contributed by atoms with van der Waals surface area (Å²) in [6.45, 7) is 10.5. The first-order valence-corrected chi connectivity index (χ1v) is 9.43. The molecule has 0 unspecified atom stereocenters. The third-order valence-corrected chi connectivity index (χ3v) is 6.00. The van der Waals surface area contributed by atoms with Crippen LogP contribution in [-0.2, 0) is 4.79 Å². The van der Waals surface area contributed by atoms with Gasteiger partial charge in [-0.05, 0) is 56.8 Å². The summed E-state index contributed by atoms with van der Waals surface area (Å²) < 4.78 is 5.29. The minimum atomic E-state index is 0.241. The van der Waals surface area contributed by atoms with E-state index in [1.807, 2.05) is 6.92 Å². The second-order valence-corrected chi connectivity index (χ2v) is 8.69. The minimum Gasteiger partial charge on any atom is -0.342 e. The zero-order chi connectivity index (χ0) is 17.3. The van der Waals surface area contributed by atoms with E-state index in [9.17, 15) is 4.79 Å². The molecule has 0 bridgehead atoms. The van der Waals surface area contributed by atoms with Gasteiger partial charge in [-0.1, -0.05) is 25.9 Å². The molecule has 0 spiro atoms. The summed E-state index contributed by atoms with van der Waals surface area (Å²) in [6.07, 6.45) is 6.37. The number of piperidine rings is 1. The quantitative estimate of drug-likeness (QED) is 0.822. The highest BCUT2D eigenvalue weighted by molar-refractivity contribution is 5.79.